The van der Waals surface area contributed by atoms with Gasteiger partial charge in [-0.25, -0.2) is 4.57 Å². The Labute approximate surface area is 124 Å². The summed E-state index contributed by atoms with van der Waals surface area (Å²) in [7, 11) is -3.88. The topological polar surface area (TPSA) is 64.6 Å². The lowest BCUT2D eigenvalue weighted by molar-refractivity contribution is 0.145. The van der Waals surface area contributed by atoms with Crippen LogP contribution in [-0.2, 0) is 13.6 Å². The molecule has 0 aliphatic carbocycles. The van der Waals surface area contributed by atoms with Crippen molar-refractivity contribution in [1.29, 1.82) is 0 Å². The largest absolute Gasteiger partial charge is 0.419 e. The van der Waals surface area contributed by atoms with Gasteiger partial charge in [0.25, 0.3) is 0 Å². The average molecular weight is 320 g/mol. The Kier molecular flexibility index (Phi) is 6.21. The van der Waals surface area contributed by atoms with Crippen LogP contribution in [-0.4, -0.2) is 17.9 Å². The lowest BCUT2D eigenvalue weighted by Gasteiger charge is -2.21. The smallest absolute Gasteiger partial charge is 0.316 e. The Morgan fingerprint density at radius 2 is 1.55 bits per heavy atom. The summed E-state index contributed by atoms with van der Waals surface area (Å²) in [4.78, 5) is 12.1. The molecular formula is C13H19ClNO4P. The zero-order valence-corrected chi connectivity index (χ0v) is 13.6. The molecule has 7 heteroatoms. The molecule has 0 heterocycles. The average Bonchev–Trinajstić information content (AvgIpc) is 2.29. The second-order valence-corrected chi connectivity index (χ2v) is 7.00. The van der Waals surface area contributed by atoms with Gasteiger partial charge in [0.15, 0.2) is 0 Å². The molecule has 1 aromatic carbocycles. The van der Waals surface area contributed by atoms with E-state index in [-0.39, 0.29) is 0 Å². The van der Waals surface area contributed by atoms with E-state index in [0.717, 1.165) is 0 Å². The Morgan fingerprint density at radius 1 is 1.10 bits per heavy atom. The normalized spacial score (nSPS) is 11.9. The number of anilines is 1. The van der Waals surface area contributed by atoms with Crippen LogP contribution in [0.3, 0.4) is 0 Å². The molecule has 0 radical (unpaired) electrons. The van der Waals surface area contributed by atoms with Crippen molar-refractivity contribution >= 4 is 30.5 Å². The fourth-order valence-electron chi connectivity index (χ4n) is 1.40. The first-order chi connectivity index (χ1) is 9.23. The van der Waals surface area contributed by atoms with Gasteiger partial charge in [-0.15, -0.1) is 0 Å². The van der Waals surface area contributed by atoms with Gasteiger partial charge in [-0.1, -0.05) is 11.6 Å². The molecule has 0 aliphatic heterocycles. The van der Waals surface area contributed by atoms with E-state index in [0.29, 0.717) is 10.7 Å². The number of carbonyl (C=O) groups excluding carboxylic acids is 1. The molecular weight excluding hydrogens is 301 g/mol. The van der Waals surface area contributed by atoms with Crippen LogP contribution < -0.4 is 5.32 Å². The first kappa shape index (κ1) is 17.2. The molecule has 0 atom stereocenters. The van der Waals surface area contributed by atoms with Crippen molar-refractivity contribution in [1.82, 2.24) is 0 Å². The molecule has 1 aromatic rings. The highest BCUT2D eigenvalue weighted by atomic mass is 35.5. The van der Waals surface area contributed by atoms with E-state index < -0.39 is 25.5 Å². The van der Waals surface area contributed by atoms with Gasteiger partial charge >= 0.3 is 13.2 Å². The number of benzene rings is 1. The van der Waals surface area contributed by atoms with Crippen LogP contribution in [0.2, 0.25) is 5.02 Å². The van der Waals surface area contributed by atoms with E-state index in [1.807, 2.05) is 0 Å². The number of rotatable bonds is 6. The van der Waals surface area contributed by atoms with E-state index in [2.05, 4.69) is 5.32 Å². The first-order valence-corrected chi connectivity index (χ1v) is 8.19. The molecule has 20 heavy (non-hydrogen) atoms. The van der Waals surface area contributed by atoms with Gasteiger partial charge in [-0.2, -0.15) is 0 Å². The molecule has 0 fully saturated rings. The molecule has 0 aromatic heterocycles. The summed E-state index contributed by atoms with van der Waals surface area (Å²) in [6.45, 7) is 6.75. The predicted molar refractivity (Wildman–Crippen MR) is 80.5 cm³/mol. The summed E-state index contributed by atoms with van der Waals surface area (Å²) in [5.74, 6) is 0. The van der Waals surface area contributed by atoms with E-state index in [1.54, 1.807) is 52.0 Å². The summed E-state index contributed by atoms with van der Waals surface area (Å²) < 4.78 is 22.9. The minimum absolute atomic E-state index is 0.393. The lowest BCUT2D eigenvalue weighted by atomic mass is 10.3. The third kappa shape index (κ3) is 5.25. The van der Waals surface area contributed by atoms with Crippen molar-refractivity contribution in [3.8, 4) is 0 Å². The SMILES string of the molecule is CC(C)OP(=O)(OC(C)C)C(=O)Nc1ccc(Cl)cc1. The highest BCUT2D eigenvalue weighted by molar-refractivity contribution is 7.72. The molecule has 112 valence electrons. The summed E-state index contributed by atoms with van der Waals surface area (Å²) in [5.41, 5.74) is -0.318. The van der Waals surface area contributed by atoms with Gasteiger partial charge in [-0.3, -0.25) is 13.8 Å². The van der Waals surface area contributed by atoms with E-state index in [1.165, 1.54) is 0 Å². The fraction of sp³-hybridized carbons (Fsp3) is 0.462. The Morgan fingerprint density at radius 3 is 1.95 bits per heavy atom. The number of nitrogens with one attached hydrogen (secondary N) is 1. The fourth-order valence-corrected chi connectivity index (χ4v) is 3.14. The van der Waals surface area contributed by atoms with Crippen molar-refractivity contribution in [3.05, 3.63) is 29.3 Å². The van der Waals surface area contributed by atoms with Gasteiger partial charge in [0, 0.05) is 10.7 Å². The van der Waals surface area contributed by atoms with Crippen molar-refractivity contribution in [3.63, 3.8) is 0 Å². The lowest BCUT2D eigenvalue weighted by Crippen LogP contribution is -2.18. The maximum absolute atomic E-state index is 12.5. The molecule has 1 amide bonds. The van der Waals surface area contributed by atoms with Crippen LogP contribution in [0.4, 0.5) is 10.5 Å². The second kappa shape index (κ2) is 7.23. The van der Waals surface area contributed by atoms with Crippen LogP contribution in [0, 0.1) is 0 Å². The Balaban J connectivity index is 2.88. The number of amides is 1. The molecule has 1 N–H and O–H groups in total. The molecule has 5 nitrogen and oxygen atoms in total. The van der Waals surface area contributed by atoms with Crippen molar-refractivity contribution in [2.24, 2.45) is 0 Å². The van der Waals surface area contributed by atoms with Crippen LogP contribution in [0.5, 0.6) is 0 Å². The van der Waals surface area contributed by atoms with Crippen LogP contribution in [0.15, 0.2) is 24.3 Å². The van der Waals surface area contributed by atoms with Crippen LogP contribution >= 0.6 is 19.2 Å². The van der Waals surface area contributed by atoms with Gasteiger partial charge in [-0.05, 0) is 52.0 Å². The van der Waals surface area contributed by atoms with Gasteiger partial charge in [0.2, 0.25) is 0 Å². The summed E-state index contributed by atoms with van der Waals surface area (Å²) in [6.07, 6.45) is -0.786. The van der Waals surface area contributed by atoms with Gasteiger partial charge in [0.1, 0.15) is 0 Å². The summed E-state index contributed by atoms with van der Waals surface area (Å²) in [5, 5.41) is 3.05. The molecule has 0 unspecified atom stereocenters. The zero-order valence-electron chi connectivity index (χ0n) is 11.9. The monoisotopic (exact) mass is 319 g/mol. The minimum Gasteiger partial charge on any atom is -0.316 e. The highest BCUT2D eigenvalue weighted by Gasteiger charge is 2.37. The van der Waals surface area contributed by atoms with Crippen LogP contribution in [0.25, 0.3) is 0 Å². The molecule has 0 saturated carbocycles. The molecule has 1 rings (SSSR count). The summed E-state index contributed by atoms with van der Waals surface area (Å²) in [6, 6.07) is 6.45. The molecule has 0 spiro atoms. The van der Waals surface area contributed by atoms with E-state index >= 15 is 0 Å². The van der Waals surface area contributed by atoms with E-state index in [9.17, 15) is 9.36 Å². The Hall–Kier alpha value is -0.870. The number of carbonyl (C=O) groups is 1. The third-order valence-corrected chi connectivity index (χ3v) is 4.30. The molecule has 0 bridgehead atoms. The van der Waals surface area contributed by atoms with Crippen molar-refractivity contribution < 1.29 is 18.4 Å². The second-order valence-electron chi connectivity index (χ2n) is 4.74. The molecule has 0 aliphatic rings. The van der Waals surface area contributed by atoms with Crippen LogP contribution in [0.1, 0.15) is 27.7 Å². The number of hydrogen-bond acceptors (Lipinski definition) is 4. The summed E-state index contributed by atoms with van der Waals surface area (Å²) >= 11 is 5.76. The molecule has 0 saturated heterocycles. The third-order valence-electron chi connectivity index (χ3n) is 2.04. The van der Waals surface area contributed by atoms with Gasteiger partial charge in [0.05, 0.1) is 12.2 Å². The predicted octanol–water partition coefficient (Wildman–Crippen LogP) is 4.92. The van der Waals surface area contributed by atoms with Gasteiger partial charge < -0.3 is 5.32 Å². The highest BCUT2D eigenvalue weighted by Crippen LogP contribution is 2.51. The zero-order chi connectivity index (χ0) is 15.3. The number of halogens is 1. The van der Waals surface area contributed by atoms with Crippen molar-refractivity contribution in [2.75, 3.05) is 5.32 Å². The quantitative estimate of drug-likeness (QED) is 0.756. The van der Waals surface area contributed by atoms with Crippen molar-refractivity contribution in [2.45, 2.75) is 39.9 Å². The standard InChI is InChI=1S/C13H19ClNO4P/c1-9(2)18-20(17,19-10(3)4)13(16)15-12-7-5-11(14)6-8-12/h5-10H,1-4H3,(H,15,16). The maximum Gasteiger partial charge on any atom is 0.419 e. The maximum atomic E-state index is 12.5. The first-order valence-electron chi connectivity index (χ1n) is 6.27. The minimum atomic E-state index is -3.88. The Bertz CT molecular complexity index is 488. The number of hydrogen-bond donors (Lipinski definition) is 1. The van der Waals surface area contributed by atoms with E-state index in [4.69, 9.17) is 20.6 Å².